The minimum absolute atomic E-state index is 0.265. The van der Waals surface area contributed by atoms with Crippen LogP contribution in [0.5, 0.6) is 0 Å². The summed E-state index contributed by atoms with van der Waals surface area (Å²) < 4.78 is 2.38. The Hall–Kier alpha value is -0.910. The molecule has 162 valence electrons. The Balaban J connectivity index is 1.31. The van der Waals surface area contributed by atoms with Crippen LogP contribution in [0, 0.1) is 16.7 Å². The lowest BCUT2D eigenvalue weighted by molar-refractivity contribution is -0.0619. The van der Waals surface area contributed by atoms with Gasteiger partial charge in [-0.2, -0.15) is 10.6 Å². The van der Waals surface area contributed by atoms with Crippen LogP contribution in [0.1, 0.15) is 102 Å². The molecule has 4 unspecified atom stereocenters. The number of fused-ring (bicyclic) bond motifs is 3. The number of nitrogens with two attached hydrogens (primary N) is 1. The highest BCUT2D eigenvalue weighted by Gasteiger charge is 2.59. The third kappa shape index (κ3) is 3.37. The van der Waals surface area contributed by atoms with Crippen molar-refractivity contribution >= 4 is 0 Å². The molecule has 1 aromatic rings. The zero-order chi connectivity index (χ0) is 20.2. The summed E-state index contributed by atoms with van der Waals surface area (Å²) in [4.78, 5) is 6.19. The molecule has 3 N–H and O–H groups in total. The van der Waals surface area contributed by atoms with E-state index in [1.807, 2.05) is 0 Å². The molecule has 0 aliphatic heterocycles. The fraction of sp³-hybridized carbons (Fsp3) is 0.875. The monoisotopic (exact) mass is 400 g/mol. The van der Waals surface area contributed by atoms with E-state index in [1.54, 1.807) is 0 Å². The lowest BCUT2D eigenvalue weighted by Gasteiger charge is -2.42. The molecule has 3 fully saturated rings. The summed E-state index contributed by atoms with van der Waals surface area (Å²) in [6.07, 6.45) is 13.7. The maximum atomic E-state index is 6.33. The molecular weight excluding hydrogens is 360 g/mol. The molecule has 0 amide bonds. The molecule has 4 atom stereocenters. The first-order chi connectivity index (χ1) is 13.9. The fourth-order valence-electron chi connectivity index (χ4n) is 7.28. The van der Waals surface area contributed by atoms with Gasteiger partial charge in [0.1, 0.15) is 6.61 Å². The molecule has 0 aromatic carbocycles. The van der Waals surface area contributed by atoms with Gasteiger partial charge in [-0.15, -0.1) is 0 Å². The van der Waals surface area contributed by atoms with Crippen molar-refractivity contribution in [3.63, 3.8) is 0 Å². The number of nitrogens with one attached hydrogen (secondary N) is 1. The van der Waals surface area contributed by atoms with Crippen molar-refractivity contribution in [3.8, 4) is 0 Å². The van der Waals surface area contributed by atoms with Gasteiger partial charge in [0.15, 0.2) is 0 Å². The first-order valence-electron chi connectivity index (χ1n) is 12.1. The molecule has 4 aliphatic carbocycles. The summed E-state index contributed by atoms with van der Waals surface area (Å²) in [6, 6.07) is 1.27. The minimum Gasteiger partial charge on any atom is -0.327 e. The van der Waals surface area contributed by atoms with Crippen molar-refractivity contribution in [2.75, 3.05) is 0 Å². The SMILES string of the molecule is CC12CCC(C1)C(C)(C)C2NOCc1nn(C2CCCCC2)c2c1CC(N)CC2. The van der Waals surface area contributed by atoms with Crippen molar-refractivity contribution in [1.82, 2.24) is 15.3 Å². The Labute approximate surface area is 176 Å². The number of hydroxylamine groups is 1. The molecule has 0 radical (unpaired) electrons. The number of nitrogens with zero attached hydrogens (tertiary/aromatic N) is 2. The van der Waals surface area contributed by atoms with E-state index in [2.05, 4.69) is 30.9 Å². The zero-order valence-corrected chi connectivity index (χ0v) is 18.7. The van der Waals surface area contributed by atoms with Crippen LogP contribution in [0.15, 0.2) is 0 Å². The van der Waals surface area contributed by atoms with E-state index in [0.717, 1.165) is 30.9 Å². The molecule has 5 rings (SSSR count). The number of rotatable bonds is 5. The van der Waals surface area contributed by atoms with Crippen molar-refractivity contribution in [2.24, 2.45) is 22.5 Å². The zero-order valence-electron chi connectivity index (χ0n) is 18.7. The van der Waals surface area contributed by atoms with E-state index in [4.69, 9.17) is 15.7 Å². The van der Waals surface area contributed by atoms with Crippen LogP contribution >= 0.6 is 0 Å². The van der Waals surface area contributed by atoms with Crippen LogP contribution in [0.25, 0.3) is 0 Å². The van der Waals surface area contributed by atoms with E-state index in [-0.39, 0.29) is 6.04 Å². The molecule has 4 aliphatic rings. The molecule has 5 heteroatoms. The summed E-state index contributed by atoms with van der Waals surface area (Å²) in [6.45, 7) is 7.84. The Bertz CT molecular complexity index is 746. The molecule has 1 heterocycles. The second-order valence-electron chi connectivity index (χ2n) is 11.4. The molecule has 1 aromatic heterocycles. The molecule has 5 nitrogen and oxygen atoms in total. The summed E-state index contributed by atoms with van der Waals surface area (Å²) in [5, 5.41) is 5.11. The van der Waals surface area contributed by atoms with E-state index in [1.165, 1.54) is 62.6 Å². The van der Waals surface area contributed by atoms with Crippen LogP contribution < -0.4 is 11.2 Å². The van der Waals surface area contributed by atoms with Crippen LogP contribution in [-0.2, 0) is 24.3 Å². The molecule has 3 saturated carbocycles. The Morgan fingerprint density at radius 3 is 2.66 bits per heavy atom. The Morgan fingerprint density at radius 1 is 1.14 bits per heavy atom. The normalized spacial score (nSPS) is 36.5. The quantitative estimate of drug-likeness (QED) is 0.717. The smallest absolute Gasteiger partial charge is 0.112 e. The van der Waals surface area contributed by atoms with Gasteiger partial charge in [-0.1, -0.05) is 40.0 Å². The highest BCUT2D eigenvalue weighted by atomic mass is 16.6. The topological polar surface area (TPSA) is 65.1 Å². The van der Waals surface area contributed by atoms with Crippen LogP contribution in [0.3, 0.4) is 0 Å². The Kier molecular flexibility index (Phi) is 5.07. The first-order valence-corrected chi connectivity index (χ1v) is 12.1. The summed E-state index contributed by atoms with van der Waals surface area (Å²) in [5.41, 5.74) is 14.5. The van der Waals surface area contributed by atoms with Crippen molar-refractivity contribution in [1.29, 1.82) is 0 Å². The van der Waals surface area contributed by atoms with Crippen LogP contribution in [-0.4, -0.2) is 21.9 Å². The van der Waals surface area contributed by atoms with Gasteiger partial charge < -0.3 is 5.73 Å². The molecule has 2 bridgehead atoms. The predicted molar refractivity (Wildman–Crippen MR) is 115 cm³/mol. The van der Waals surface area contributed by atoms with E-state index < -0.39 is 0 Å². The molecule has 0 saturated heterocycles. The lowest BCUT2D eigenvalue weighted by atomic mass is 9.69. The maximum absolute atomic E-state index is 6.33. The molecular formula is C24H40N4O. The van der Waals surface area contributed by atoms with Crippen molar-refractivity contribution < 1.29 is 4.84 Å². The average molecular weight is 401 g/mol. The molecule has 0 spiro atoms. The van der Waals surface area contributed by atoms with E-state index in [9.17, 15) is 0 Å². The standard InChI is InChI=1S/C24H40N4O/c1-23(2)16-11-12-24(3,14-16)22(23)27-29-15-20-19-13-17(25)9-10-21(19)28(26-20)18-7-5-4-6-8-18/h16-18,22,27H,4-15,25H2,1-3H3. The van der Waals surface area contributed by atoms with Crippen molar-refractivity contribution in [3.05, 3.63) is 17.0 Å². The van der Waals surface area contributed by atoms with Gasteiger partial charge in [0, 0.05) is 23.3 Å². The van der Waals surface area contributed by atoms with Crippen LogP contribution in [0.2, 0.25) is 0 Å². The maximum Gasteiger partial charge on any atom is 0.112 e. The third-order valence-corrected chi connectivity index (χ3v) is 9.02. The molecule has 29 heavy (non-hydrogen) atoms. The summed E-state index contributed by atoms with van der Waals surface area (Å²) in [7, 11) is 0. The highest BCUT2D eigenvalue weighted by molar-refractivity contribution is 5.30. The van der Waals surface area contributed by atoms with Gasteiger partial charge >= 0.3 is 0 Å². The van der Waals surface area contributed by atoms with Crippen LogP contribution in [0.4, 0.5) is 0 Å². The fourth-order valence-corrected chi connectivity index (χ4v) is 7.28. The number of hydrogen-bond donors (Lipinski definition) is 2. The van der Waals surface area contributed by atoms with Gasteiger partial charge in [-0.25, -0.2) is 0 Å². The second-order valence-corrected chi connectivity index (χ2v) is 11.4. The van der Waals surface area contributed by atoms with Gasteiger partial charge in [-0.05, 0) is 68.1 Å². The number of hydrogen-bond acceptors (Lipinski definition) is 4. The highest BCUT2D eigenvalue weighted by Crippen LogP contribution is 2.62. The average Bonchev–Trinajstić information content (AvgIpc) is 3.32. The van der Waals surface area contributed by atoms with Gasteiger partial charge in [0.25, 0.3) is 0 Å². The first kappa shape index (κ1) is 20.0. The summed E-state index contributed by atoms with van der Waals surface area (Å²) in [5.74, 6) is 0.824. The lowest BCUT2D eigenvalue weighted by Crippen LogP contribution is -2.50. The van der Waals surface area contributed by atoms with Gasteiger partial charge in [0.05, 0.1) is 11.7 Å². The largest absolute Gasteiger partial charge is 0.327 e. The van der Waals surface area contributed by atoms with E-state index in [0.29, 0.717) is 29.5 Å². The summed E-state index contributed by atoms with van der Waals surface area (Å²) >= 11 is 0. The van der Waals surface area contributed by atoms with Gasteiger partial charge in [0.2, 0.25) is 0 Å². The predicted octanol–water partition coefficient (Wildman–Crippen LogP) is 4.44. The van der Waals surface area contributed by atoms with E-state index >= 15 is 0 Å². The third-order valence-electron chi connectivity index (χ3n) is 9.02. The van der Waals surface area contributed by atoms with Gasteiger partial charge in [-0.3, -0.25) is 9.52 Å². The van der Waals surface area contributed by atoms with Crippen molar-refractivity contribution in [2.45, 2.75) is 116 Å². The number of aromatic nitrogens is 2. The second kappa shape index (κ2) is 7.35. The Morgan fingerprint density at radius 2 is 1.93 bits per heavy atom. The minimum atomic E-state index is 0.265.